The van der Waals surface area contributed by atoms with Crippen LogP contribution in [0, 0.1) is 0 Å². The molecule has 16 heavy (non-hydrogen) atoms. The largest absolute Gasteiger partial charge is 0.392 e. The predicted molar refractivity (Wildman–Crippen MR) is 73.2 cm³/mol. The van der Waals surface area contributed by atoms with Gasteiger partial charge >= 0.3 is 0 Å². The lowest BCUT2D eigenvalue weighted by atomic mass is 10.6. The summed E-state index contributed by atoms with van der Waals surface area (Å²) in [5.41, 5.74) is 5.37. The number of likely N-dealkylation sites (N-methyl/N-ethyl adjacent to an activating group) is 1. The molecule has 0 unspecified atom stereocenters. The van der Waals surface area contributed by atoms with Crippen molar-refractivity contribution in [2.45, 2.75) is 11.1 Å². The number of halogens is 1. The second kappa shape index (κ2) is 5.54. The van der Waals surface area contributed by atoms with Crippen molar-refractivity contribution in [1.29, 1.82) is 0 Å². The van der Waals surface area contributed by atoms with Crippen molar-refractivity contribution < 1.29 is 8.42 Å². The summed E-state index contributed by atoms with van der Waals surface area (Å²) in [6.45, 7) is 2.16. The molecule has 0 aromatic carbocycles. The van der Waals surface area contributed by atoms with Crippen molar-refractivity contribution in [2.24, 2.45) is 5.73 Å². The molecule has 0 aliphatic carbocycles. The van der Waals surface area contributed by atoms with Crippen molar-refractivity contribution in [3.63, 3.8) is 0 Å². The molecule has 0 saturated carbocycles. The van der Waals surface area contributed by atoms with Crippen LogP contribution in [0.5, 0.6) is 0 Å². The molecule has 1 aromatic rings. The minimum absolute atomic E-state index is 0.0731. The van der Waals surface area contributed by atoms with Crippen LogP contribution in [0.3, 0.4) is 0 Å². The lowest BCUT2D eigenvalue weighted by molar-refractivity contribution is 0.469. The fourth-order valence-electron chi connectivity index (χ4n) is 1.10. The standard InChI is InChI=1S/C8H11BrN2O2S3/c1-2-11(5-7(10)14)16(12,13)8-4-3-6(9)15-8/h3-4H,2,5H2,1H3,(H2,10,14). The second-order valence-electron chi connectivity index (χ2n) is 2.96. The van der Waals surface area contributed by atoms with Gasteiger partial charge < -0.3 is 5.73 Å². The first-order valence-corrected chi connectivity index (χ1v) is 7.87. The number of hydrogen-bond acceptors (Lipinski definition) is 4. The van der Waals surface area contributed by atoms with Crippen LogP contribution in [-0.2, 0) is 10.0 Å². The van der Waals surface area contributed by atoms with Crippen LogP contribution < -0.4 is 5.73 Å². The number of thiocarbonyl (C=S) groups is 1. The number of hydrogen-bond donors (Lipinski definition) is 1. The van der Waals surface area contributed by atoms with E-state index in [9.17, 15) is 8.42 Å². The third kappa shape index (κ3) is 3.24. The van der Waals surface area contributed by atoms with Crippen molar-refractivity contribution in [3.05, 3.63) is 15.9 Å². The molecule has 4 nitrogen and oxygen atoms in total. The molecule has 0 spiro atoms. The molecule has 0 amide bonds. The first-order chi connectivity index (χ1) is 7.37. The zero-order chi connectivity index (χ0) is 12.3. The van der Waals surface area contributed by atoms with Gasteiger partial charge in [0.25, 0.3) is 10.0 Å². The van der Waals surface area contributed by atoms with Crippen LogP contribution >= 0.6 is 39.5 Å². The molecule has 1 aromatic heterocycles. The molecular formula is C8H11BrN2O2S3. The SMILES string of the molecule is CCN(CC(N)=S)S(=O)(=O)c1ccc(Br)s1. The van der Waals surface area contributed by atoms with Crippen LogP contribution in [0.1, 0.15) is 6.92 Å². The Morgan fingerprint density at radius 3 is 2.62 bits per heavy atom. The summed E-state index contributed by atoms with van der Waals surface area (Å²) in [5, 5.41) is 0. The first kappa shape index (κ1) is 14.0. The van der Waals surface area contributed by atoms with Gasteiger partial charge in [-0.3, -0.25) is 0 Å². The minimum Gasteiger partial charge on any atom is -0.392 e. The Balaban J connectivity index is 3.04. The van der Waals surface area contributed by atoms with Crippen molar-refractivity contribution in [1.82, 2.24) is 4.31 Å². The summed E-state index contributed by atoms with van der Waals surface area (Å²) >= 11 is 9.13. The molecule has 0 fully saturated rings. The van der Waals surface area contributed by atoms with Crippen LogP contribution in [0.4, 0.5) is 0 Å². The highest BCUT2D eigenvalue weighted by atomic mass is 79.9. The summed E-state index contributed by atoms with van der Waals surface area (Å²) in [5.74, 6) is 0. The summed E-state index contributed by atoms with van der Waals surface area (Å²) in [7, 11) is -3.47. The van der Waals surface area contributed by atoms with E-state index in [2.05, 4.69) is 15.9 Å². The van der Waals surface area contributed by atoms with Gasteiger partial charge in [0, 0.05) is 6.54 Å². The molecular weight excluding hydrogens is 332 g/mol. The molecule has 1 heterocycles. The zero-order valence-electron chi connectivity index (χ0n) is 8.51. The van der Waals surface area contributed by atoms with E-state index in [0.717, 1.165) is 3.79 Å². The second-order valence-corrected chi connectivity index (χ2v) is 8.11. The Labute approximate surface area is 113 Å². The number of sulfonamides is 1. The quantitative estimate of drug-likeness (QED) is 0.829. The lowest BCUT2D eigenvalue weighted by Gasteiger charge is -2.18. The number of nitrogens with zero attached hydrogens (tertiary/aromatic N) is 1. The normalized spacial score (nSPS) is 11.9. The Hall–Kier alpha value is -0.0200. The summed E-state index contributed by atoms with van der Waals surface area (Å²) in [4.78, 5) is 0.168. The van der Waals surface area contributed by atoms with Crippen molar-refractivity contribution in [3.8, 4) is 0 Å². The highest BCUT2D eigenvalue weighted by Gasteiger charge is 2.24. The van der Waals surface area contributed by atoms with Crippen LogP contribution in [0.2, 0.25) is 0 Å². The van der Waals surface area contributed by atoms with E-state index in [0.29, 0.717) is 6.54 Å². The van der Waals surface area contributed by atoms with Gasteiger partial charge in [0.1, 0.15) is 4.21 Å². The highest BCUT2D eigenvalue weighted by Crippen LogP contribution is 2.28. The first-order valence-electron chi connectivity index (χ1n) is 4.41. The van der Waals surface area contributed by atoms with Gasteiger partial charge in [-0.05, 0) is 28.1 Å². The van der Waals surface area contributed by atoms with Gasteiger partial charge in [-0.1, -0.05) is 19.1 Å². The van der Waals surface area contributed by atoms with Crippen LogP contribution in [-0.4, -0.2) is 30.8 Å². The Bertz CT molecular complexity index is 483. The summed E-state index contributed by atoms with van der Waals surface area (Å²) in [6.07, 6.45) is 0. The van der Waals surface area contributed by atoms with Gasteiger partial charge in [-0.15, -0.1) is 11.3 Å². The van der Waals surface area contributed by atoms with Gasteiger partial charge in [0.15, 0.2) is 0 Å². The average molecular weight is 343 g/mol. The maximum absolute atomic E-state index is 12.1. The van der Waals surface area contributed by atoms with E-state index < -0.39 is 10.0 Å². The van der Waals surface area contributed by atoms with Crippen molar-refractivity contribution in [2.75, 3.05) is 13.1 Å². The van der Waals surface area contributed by atoms with Crippen LogP contribution in [0.15, 0.2) is 20.1 Å². The molecule has 90 valence electrons. The van der Waals surface area contributed by atoms with Gasteiger partial charge in [-0.2, -0.15) is 4.31 Å². The minimum atomic E-state index is -3.47. The van der Waals surface area contributed by atoms with E-state index in [4.69, 9.17) is 18.0 Å². The highest BCUT2D eigenvalue weighted by molar-refractivity contribution is 9.11. The van der Waals surface area contributed by atoms with Crippen LogP contribution in [0.25, 0.3) is 0 Å². The number of nitrogens with two attached hydrogens (primary N) is 1. The number of thiophene rings is 1. The Morgan fingerprint density at radius 2 is 2.25 bits per heavy atom. The molecule has 0 atom stereocenters. The van der Waals surface area contributed by atoms with E-state index in [1.165, 1.54) is 15.6 Å². The maximum Gasteiger partial charge on any atom is 0.252 e. The molecule has 0 bridgehead atoms. The number of rotatable bonds is 5. The molecule has 0 radical (unpaired) electrons. The topological polar surface area (TPSA) is 63.4 Å². The van der Waals surface area contributed by atoms with Gasteiger partial charge in [0.2, 0.25) is 0 Å². The lowest BCUT2D eigenvalue weighted by Crippen LogP contribution is -2.37. The van der Waals surface area contributed by atoms with E-state index in [1.807, 2.05) is 0 Å². The third-order valence-corrected chi connectivity index (χ3v) is 5.97. The fraction of sp³-hybridized carbons (Fsp3) is 0.375. The average Bonchev–Trinajstić information content (AvgIpc) is 2.61. The van der Waals surface area contributed by atoms with Gasteiger partial charge in [0.05, 0.1) is 15.3 Å². The van der Waals surface area contributed by atoms with Crippen molar-refractivity contribution >= 4 is 54.5 Å². The molecule has 8 heteroatoms. The summed E-state index contributed by atoms with van der Waals surface area (Å²) < 4.78 is 26.5. The Kier molecular flexibility index (Phi) is 4.87. The molecule has 0 saturated heterocycles. The fourth-order valence-corrected chi connectivity index (χ4v) is 4.93. The maximum atomic E-state index is 12.1. The Morgan fingerprint density at radius 1 is 1.62 bits per heavy atom. The van der Waals surface area contributed by atoms with Gasteiger partial charge in [-0.25, -0.2) is 8.42 Å². The van der Waals surface area contributed by atoms with E-state index >= 15 is 0 Å². The molecule has 1 rings (SSSR count). The monoisotopic (exact) mass is 342 g/mol. The van der Waals surface area contributed by atoms with E-state index in [-0.39, 0.29) is 15.7 Å². The van der Waals surface area contributed by atoms with E-state index in [1.54, 1.807) is 19.1 Å². The smallest absolute Gasteiger partial charge is 0.252 e. The third-order valence-electron chi connectivity index (χ3n) is 1.83. The predicted octanol–water partition coefficient (Wildman–Crippen LogP) is 1.81. The molecule has 2 N–H and O–H groups in total. The summed E-state index contributed by atoms with van der Waals surface area (Å²) in [6, 6.07) is 3.26. The zero-order valence-corrected chi connectivity index (χ0v) is 12.5. The molecule has 0 aliphatic heterocycles. The molecule has 0 aliphatic rings.